The summed E-state index contributed by atoms with van der Waals surface area (Å²) in [5.41, 5.74) is -0.228. The van der Waals surface area contributed by atoms with Gasteiger partial charge in [-0.2, -0.15) is 0 Å². The maximum atomic E-state index is 11.8. The number of rotatable bonds is 5. The summed E-state index contributed by atoms with van der Waals surface area (Å²) < 4.78 is 11.1. The first kappa shape index (κ1) is 19.1. The predicted molar refractivity (Wildman–Crippen MR) is 95.5 cm³/mol. The molecule has 2 atom stereocenters. The van der Waals surface area contributed by atoms with Gasteiger partial charge in [0.1, 0.15) is 5.60 Å². The number of hydrogen-bond donors (Lipinski definition) is 0. The second kappa shape index (κ2) is 7.34. The largest absolute Gasteiger partial charge is 0.474 e. The average Bonchev–Trinajstić information content (AvgIpc) is 2.33. The van der Waals surface area contributed by atoms with Crippen LogP contribution in [0.25, 0.3) is 0 Å². The van der Waals surface area contributed by atoms with Gasteiger partial charge in [-0.05, 0) is 61.0 Å². The minimum atomic E-state index is -0.228. The van der Waals surface area contributed by atoms with Crippen LogP contribution in [0, 0.1) is 5.92 Å². The van der Waals surface area contributed by atoms with Crippen LogP contribution in [0.4, 0.5) is 0 Å². The maximum absolute atomic E-state index is 11.8. The first-order valence-corrected chi connectivity index (χ1v) is 9.19. The van der Waals surface area contributed by atoms with Crippen molar-refractivity contribution in [1.82, 2.24) is 9.80 Å². The zero-order valence-corrected chi connectivity index (χ0v) is 16.2. The van der Waals surface area contributed by atoms with Gasteiger partial charge in [-0.1, -0.05) is 0 Å². The van der Waals surface area contributed by atoms with Crippen molar-refractivity contribution in [3.8, 4) is 0 Å². The normalized spacial score (nSPS) is 31.3. The number of carbonyl (C=O) groups is 1. The van der Waals surface area contributed by atoms with Crippen LogP contribution in [0.1, 0.15) is 54.4 Å². The second-order valence-electron chi connectivity index (χ2n) is 8.24. The summed E-state index contributed by atoms with van der Waals surface area (Å²) in [7, 11) is 0. The summed E-state index contributed by atoms with van der Waals surface area (Å²) in [6, 6.07) is 1.21. The van der Waals surface area contributed by atoms with Crippen LogP contribution in [-0.2, 0) is 14.3 Å². The van der Waals surface area contributed by atoms with E-state index in [4.69, 9.17) is 9.47 Å². The lowest BCUT2D eigenvalue weighted by Gasteiger charge is -2.51. The van der Waals surface area contributed by atoms with Gasteiger partial charge in [0, 0.05) is 31.2 Å². The molecule has 0 aromatic carbocycles. The number of esters is 1. The molecule has 1 heterocycles. The van der Waals surface area contributed by atoms with E-state index >= 15 is 0 Å². The lowest BCUT2D eigenvalue weighted by molar-refractivity contribution is -0.154. The monoisotopic (exact) mass is 338 g/mol. The topological polar surface area (TPSA) is 42.0 Å². The van der Waals surface area contributed by atoms with Crippen molar-refractivity contribution in [3.05, 3.63) is 12.5 Å². The maximum Gasteiger partial charge on any atom is 0.309 e. The molecule has 0 bridgehead atoms. The molecule has 1 unspecified atom stereocenters. The molecule has 2 rings (SSSR count). The molecule has 5 nitrogen and oxygen atoms in total. The van der Waals surface area contributed by atoms with E-state index in [0.717, 1.165) is 31.8 Å². The highest BCUT2D eigenvalue weighted by Gasteiger charge is 2.42. The zero-order chi connectivity index (χ0) is 18.1. The van der Waals surface area contributed by atoms with E-state index in [1.165, 1.54) is 0 Å². The van der Waals surface area contributed by atoms with Gasteiger partial charge < -0.3 is 14.4 Å². The first-order chi connectivity index (χ1) is 11.1. The third-order valence-corrected chi connectivity index (χ3v) is 4.91. The molecule has 0 spiro atoms. The minimum Gasteiger partial charge on any atom is -0.474 e. The van der Waals surface area contributed by atoms with Crippen LogP contribution in [0.3, 0.4) is 0 Å². The Labute approximate surface area is 147 Å². The molecule has 1 saturated heterocycles. The van der Waals surface area contributed by atoms with Crippen LogP contribution >= 0.6 is 0 Å². The van der Waals surface area contributed by atoms with E-state index < -0.39 is 0 Å². The van der Waals surface area contributed by atoms with Gasteiger partial charge in [0.05, 0.1) is 12.5 Å². The summed E-state index contributed by atoms with van der Waals surface area (Å²) in [6.45, 7) is 19.0. The Morgan fingerprint density at radius 1 is 1.17 bits per heavy atom. The molecule has 138 valence electrons. The molecule has 1 saturated carbocycles. The fourth-order valence-corrected chi connectivity index (χ4v) is 3.90. The molecule has 0 amide bonds. The highest BCUT2D eigenvalue weighted by Crippen LogP contribution is 2.35. The van der Waals surface area contributed by atoms with Crippen LogP contribution in [0.15, 0.2) is 12.5 Å². The van der Waals surface area contributed by atoms with Gasteiger partial charge in [-0.15, -0.1) is 0 Å². The Kier molecular flexibility index (Phi) is 5.84. The number of hydrogen-bond acceptors (Lipinski definition) is 5. The van der Waals surface area contributed by atoms with Crippen LogP contribution in [0.2, 0.25) is 0 Å². The number of piperazine rings is 1. The summed E-state index contributed by atoms with van der Waals surface area (Å²) in [5, 5.41) is 0. The van der Waals surface area contributed by atoms with Crippen molar-refractivity contribution in [1.29, 1.82) is 0 Å². The van der Waals surface area contributed by atoms with Gasteiger partial charge in [-0.25, -0.2) is 0 Å². The molecule has 24 heavy (non-hydrogen) atoms. The van der Waals surface area contributed by atoms with Gasteiger partial charge in [0.25, 0.3) is 0 Å². The van der Waals surface area contributed by atoms with E-state index in [1.54, 1.807) is 0 Å². The van der Waals surface area contributed by atoms with E-state index in [0.29, 0.717) is 24.7 Å². The average molecular weight is 338 g/mol. The van der Waals surface area contributed by atoms with E-state index in [1.807, 2.05) is 27.7 Å². The number of carbonyl (C=O) groups excluding carboxylic acids is 1. The van der Waals surface area contributed by atoms with Crippen LogP contribution < -0.4 is 0 Å². The van der Waals surface area contributed by atoms with E-state index in [2.05, 4.69) is 30.2 Å². The molecule has 5 heteroatoms. The van der Waals surface area contributed by atoms with Crippen LogP contribution in [0.5, 0.6) is 0 Å². The fraction of sp³-hybridized carbons (Fsp3) is 0.842. The van der Waals surface area contributed by atoms with Crippen molar-refractivity contribution in [2.24, 2.45) is 5.92 Å². The van der Waals surface area contributed by atoms with Gasteiger partial charge in [0.2, 0.25) is 0 Å². The molecule has 2 fully saturated rings. The lowest BCUT2D eigenvalue weighted by Crippen LogP contribution is -2.61. The van der Waals surface area contributed by atoms with Gasteiger partial charge in [-0.3, -0.25) is 9.69 Å². The standard InChI is InChI=1S/C19H34N2O3/c1-8-23-18(22)16-9-17(10-16)20-11-13(2)21(14(3)12-20)15(4)24-19(5,6)7/h13-14,16-17H,4,8-12H2,1-3,5-7H3/t13-,14?,16?,17?/m1/s1. The highest BCUT2D eigenvalue weighted by atomic mass is 16.5. The Hall–Kier alpha value is -1.23. The van der Waals surface area contributed by atoms with Crippen molar-refractivity contribution < 1.29 is 14.3 Å². The Morgan fingerprint density at radius 3 is 2.17 bits per heavy atom. The summed E-state index contributed by atoms with van der Waals surface area (Å²) >= 11 is 0. The van der Waals surface area contributed by atoms with E-state index in [-0.39, 0.29) is 17.5 Å². The first-order valence-electron chi connectivity index (χ1n) is 9.19. The molecule has 0 aromatic heterocycles. The lowest BCUT2D eigenvalue weighted by atomic mass is 9.78. The van der Waals surface area contributed by atoms with Crippen molar-refractivity contribution in [3.63, 3.8) is 0 Å². The molecule has 1 aliphatic heterocycles. The third kappa shape index (κ3) is 4.44. The number of nitrogens with zero attached hydrogens (tertiary/aromatic N) is 2. The fourth-order valence-electron chi connectivity index (χ4n) is 3.90. The SMILES string of the molecule is C=C(OC(C)(C)C)N1C(C)CN(C2CC(C(=O)OCC)C2)C[C@H]1C. The summed E-state index contributed by atoms with van der Waals surface area (Å²) in [6.07, 6.45) is 1.86. The minimum absolute atomic E-state index is 0.0274. The van der Waals surface area contributed by atoms with E-state index in [9.17, 15) is 4.79 Å². The molecule has 0 radical (unpaired) electrons. The molecular formula is C19H34N2O3. The van der Waals surface area contributed by atoms with Crippen molar-refractivity contribution in [2.75, 3.05) is 19.7 Å². The quantitative estimate of drug-likeness (QED) is 0.569. The third-order valence-electron chi connectivity index (χ3n) is 4.91. The highest BCUT2D eigenvalue weighted by molar-refractivity contribution is 5.73. The Morgan fingerprint density at radius 2 is 1.71 bits per heavy atom. The summed E-state index contributed by atoms with van der Waals surface area (Å²) in [5.74, 6) is 0.832. The summed E-state index contributed by atoms with van der Waals surface area (Å²) in [4.78, 5) is 16.6. The zero-order valence-electron chi connectivity index (χ0n) is 16.2. The van der Waals surface area contributed by atoms with Gasteiger partial charge in [0.15, 0.2) is 5.88 Å². The van der Waals surface area contributed by atoms with Crippen LogP contribution in [-0.4, -0.2) is 59.2 Å². The predicted octanol–water partition coefficient (Wildman–Crippen LogP) is 3.01. The Bertz CT molecular complexity index is 454. The van der Waals surface area contributed by atoms with Gasteiger partial charge >= 0.3 is 5.97 Å². The smallest absolute Gasteiger partial charge is 0.309 e. The molecular weight excluding hydrogens is 304 g/mol. The van der Waals surface area contributed by atoms with Crippen molar-refractivity contribution >= 4 is 5.97 Å². The second-order valence-corrected chi connectivity index (χ2v) is 8.24. The molecule has 0 N–H and O–H groups in total. The Balaban J connectivity index is 1.88. The number of ether oxygens (including phenoxy) is 2. The molecule has 1 aliphatic carbocycles. The van der Waals surface area contributed by atoms with Crippen molar-refractivity contribution in [2.45, 2.75) is 78.1 Å². The molecule has 2 aliphatic rings. The molecule has 0 aromatic rings.